The molecule has 28 heavy (non-hydrogen) atoms. The molecule has 1 aromatic heterocycles. The number of hydrogen-bond acceptors (Lipinski definition) is 3. The van der Waals surface area contributed by atoms with E-state index in [1.807, 2.05) is 0 Å². The van der Waals surface area contributed by atoms with Crippen molar-refractivity contribution in [3.63, 3.8) is 0 Å². The lowest BCUT2D eigenvalue weighted by Gasteiger charge is -2.18. The van der Waals surface area contributed by atoms with Gasteiger partial charge in [-0.15, -0.1) is 0 Å². The number of nitrogens with one attached hydrogen (secondary N) is 1. The van der Waals surface area contributed by atoms with E-state index in [4.69, 9.17) is 11.6 Å². The van der Waals surface area contributed by atoms with Gasteiger partial charge >= 0.3 is 11.9 Å². The Balaban J connectivity index is 2.35. The normalized spacial score (nSPS) is 12.0. The molecule has 0 aliphatic heterocycles. The second kappa shape index (κ2) is 7.75. The zero-order chi connectivity index (χ0) is 20.5. The topological polar surface area (TPSA) is 46.9 Å². The molecule has 1 heterocycles. The molecular weight excluding hydrogens is 405 g/mol. The number of hydrogen-bond donors (Lipinski definition) is 1. The molecule has 0 aliphatic carbocycles. The number of rotatable bonds is 5. The Hall–Kier alpha value is -2.68. The standard InChI is InChI=1S/C18H13ClF5N3O/c19-13-3-1-2-4-14(13)27-15-7-10(18(22,23)24)5-6-12(15)16(26-17(27)28)25-11(8-20)9-21/h1-7,11H,8-9H2,(H,25,26,28). The van der Waals surface area contributed by atoms with Crippen molar-refractivity contribution in [1.29, 1.82) is 0 Å². The van der Waals surface area contributed by atoms with Crippen LogP contribution >= 0.6 is 11.6 Å². The molecule has 3 aromatic rings. The highest BCUT2D eigenvalue weighted by atomic mass is 35.5. The van der Waals surface area contributed by atoms with Crippen LogP contribution in [0.25, 0.3) is 16.6 Å². The van der Waals surface area contributed by atoms with Crippen LogP contribution in [0.15, 0.2) is 47.3 Å². The van der Waals surface area contributed by atoms with Crippen molar-refractivity contribution < 1.29 is 22.0 Å². The van der Waals surface area contributed by atoms with Gasteiger partial charge in [0.15, 0.2) is 0 Å². The molecule has 4 nitrogen and oxygen atoms in total. The van der Waals surface area contributed by atoms with Gasteiger partial charge in [0.2, 0.25) is 0 Å². The number of aromatic nitrogens is 2. The second-order valence-corrected chi connectivity index (χ2v) is 6.32. The summed E-state index contributed by atoms with van der Waals surface area (Å²) in [7, 11) is 0. The molecule has 0 bridgehead atoms. The quantitative estimate of drug-likeness (QED) is 0.608. The van der Waals surface area contributed by atoms with E-state index < -0.39 is 36.8 Å². The minimum absolute atomic E-state index is 0.0828. The predicted molar refractivity (Wildman–Crippen MR) is 96.7 cm³/mol. The summed E-state index contributed by atoms with van der Waals surface area (Å²) in [6.45, 7) is -2.18. The van der Waals surface area contributed by atoms with E-state index in [-0.39, 0.29) is 27.4 Å². The van der Waals surface area contributed by atoms with Crippen molar-refractivity contribution in [1.82, 2.24) is 9.55 Å². The fourth-order valence-electron chi connectivity index (χ4n) is 2.69. The van der Waals surface area contributed by atoms with Gasteiger partial charge in [0.1, 0.15) is 19.2 Å². The number of anilines is 1. The van der Waals surface area contributed by atoms with Crippen LogP contribution in [-0.2, 0) is 6.18 Å². The van der Waals surface area contributed by atoms with Gasteiger partial charge in [-0.05, 0) is 30.3 Å². The third kappa shape index (κ3) is 3.80. The molecule has 148 valence electrons. The SMILES string of the molecule is O=c1nc(NC(CF)CF)c2ccc(C(F)(F)F)cc2n1-c1ccccc1Cl. The summed E-state index contributed by atoms with van der Waals surface area (Å²) >= 11 is 6.11. The number of fused-ring (bicyclic) bond motifs is 1. The zero-order valence-corrected chi connectivity index (χ0v) is 14.9. The molecule has 0 unspecified atom stereocenters. The summed E-state index contributed by atoms with van der Waals surface area (Å²) in [5.41, 5.74) is -1.96. The van der Waals surface area contributed by atoms with E-state index in [9.17, 15) is 26.7 Å². The van der Waals surface area contributed by atoms with Gasteiger partial charge in [-0.3, -0.25) is 4.57 Å². The Bertz CT molecular complexity index is 1060. The minimum atomic E-state index is -4.66. The van der Waals surface area contributed by atoms with Crippen LogP contribution < -0.4 is 11.0 Å². The molecule has 0 fully saturated rings. The van der Waals surface area contributed by atoms with Gasteiger partial charge < -0.3 is 5.32 Å². The fourth-order valence-corrected chi connectivity index (χ4v) is 2.91. The molecule has 0 spiro atoms. The van der Waals surface area contributed by atoms with Crippen molar-refractivity contribution >= 4 is 28.3 Å². The highest BCUT2D eigenvalue weighted by Gasteiger charge is 2.31. The van der Waals surface area contributed by atoms with Crippen LogP contribution in [0, 0.1) is 0 Å². The molecule has 1 N–H and O–H groups in total. The maximum atomic E-state index is 13.2. The second-order valence-electron chi connectivity index (χ2n) is 5.91. The van der Waals surface area contributed by atoms with Crippen molar-refractivity contribution in [3.05, 3.63) is 63.5 Å². The van der Waals surface area contributed by atoms with Crippen LogP contribution in [0.3, 0.4) is 0 Å². The van der Waals surface area contributed by atoms with Gasteiger partial charge in [0, 0.05) is 5.39 Å². The lowest BCUT2D eigenvalue weighted by molar-refractivity contribution is -0.137. The first-order chi connectivity index (χ1) is 13.3. The lowest BCUT2D eigenvalue weighted by atomic mass is 10.1. The van der Waals surface area contributed by atoms with E-state index in [1.54, 1.807) is 12.1 Å². The maximum absolute atomic E-state index is 13.2. The average Bonchev–Trinajstić information content (AvgIpc) is 2.66. The number of benzene rings is 2. The van der Waals surface area contributed by atoms with Crippen LogP contribution in [-0.4, -0.2) is 28.9 Å². The molecular formula is C18H13ClF5N3O. The van der Waals surface area contributed by atoms with E-state index in [0.717, 1.165) is 22.8 Å². The van der Waals surface area contributed by atoms with Gasteiger partial charge in [-0.1, -0.05) is 23.7 Å². The zero-order valence-electron chi connectivity index (χ0n) is 14.1. The Kier molecular flexibility index (Phi) is 5.55. The number of para-hydroxylation sites is 1. The van der Waals surface area contributed by atoms with E-state index in [2.05, 4.69) is 10.3 Å². The predicted octanol–water partition coefficient (Wildman–Crippen LogP) is 4.78. The third-order valence-corrected chi connectivity index (χ3v) is 4.35. The first kappa shape index (κ1) is 20.1. The van der Waals surface area contributed by atoms with Crippen LogP contribution in [0.5, 0.6) is 0 Å². The van der Waals surface area contributed by atoms with Gasteiger partial charge in [0.25, 0.3) is 0 Å². The third-order valence-electron chi connectivity index (χ3n) is 4.03. The largest absolute Gasteiger partial charge is 0.416 e. The molecule has 3 rings (SSSR count). The summed E-state index contributed by atoms with van der Waals surface area (Å²) in [4.78, 5) is 16.4. The maximum Gasteiger partial charge on any atom is 0.416 e. The summed E-state index contributed by atoms with van der Waals surface area (Å²) in [5.74, 6) is -0.211. The van der Waals surface area contributed by atoms with E-state index >= 15 is 0 Å². The smallest absolute Gasteiger partial charge is 0.361 e. The highest BCUT2D eigenvalue weighted by molar-refractivity contribution is 6.32. The molecule has 2 aromatic carbocycles. The molecule has 0 saturated heterocycles. The average molecular weight is 418 g/mol. The first-order valence-electron chi connectivity index (χ1n) is 8.03. The van der Waals surface area contributed by atoms with E-state index in [1.165, 1.54) is 12.1 Å². The summed E-state index contributed by atoms with van der Waals surface area (Å²) < 4.78 is 66.3. The van der Waals surface area contributed by atoms with Crippen LogP contribution in [0.1, 0.15) is 5.56 Å². The highest BCUT2D eigenvalue weighted by Crippen LogP contribution is 2.33. The number of halogens is 6. The Morgan fingerprint density at radius 2 is 1.79 bits per heavy atom. The van der Waals surface area contributed by atoms with Crippen molar-refractivity contribution in [2.45, 2.75) is 12.2 Å². The fraction of sp³-hybridized carbons (Fsp3) is 0.222. The van der Waals surface area contributed by atoms with Gasteiger partial charge in [0.05, 0.1) is 27.8 Å². The van der Waals surface area contributed by atoms with Crippen molar-refractivity contribution in [3.8, 4) is 5.69 Å². The van der Waals surface area contributed by atoms with Gasteiger partial charge in [-0.25, -0.2) is 13.6 Å². The Morgan fingerprint density at radius 1 is 1.11 bits per heavy atom. The van der Waals surface area contributed by atoms with Crippen molar-refractivity contribution in [2.24, 2.45) is 0 Å². The van der Waals surface area contributed by atoms with Crippen LogP contribution in [0.2, 0.25) is 5.02 Å². The number of nitrogens with zero attached hydrogens (tertiary/aromatic N) is 2. The van der Waals surface area contributed by atoms with E-state index in [0.29, 0.717) is 0 Å². The molecule has 0 aliphatic rings. The van der Waals surface area contributed by atoms with Crippen molar-refractivity contribution in [2.75, 3.05) is 18.7 Å². The van der Waals surface area contributed by atoms with Crippen LogP contribution in [0.4, 0.5) is 27.8 Å². The minimum Gasteiger partial charge on any atom is -0.361 e. The molecule has 0 amide bonds. The summed E-state index contributed by atoms with van der Waals surface area (Å²) in [5, 5.41) is 2.63. The molecule has 0 saturated carbocycles. The Morgan fingerprint density at radius 3 is 2.39 bits per heavy atom. The molecule has 10 heteroatoms. The molecule has 0 radical (unpaired) electrons. The first-order valence-corrected chi connectivity index (χ1v) is 8.41. The number of alkyl halides is 5. The Labute approximate surface area is 160 Å². The lowest BCUT2D eigenvalue weighted by Crippen LogP contribution is -2.29. The van der Waals surface area contributed by atoms with Gasteiger partial charge in [-0.2, -0.15) is 18.2 Å². The summed E-state index contributed by atoms with van der Waals surface area (Å²) in [6, 6.07) is 7.45. The monoisotopic (exact) mass is 417 g/mol. The summed E-state index contributed by atoms with van der Waals surface area (Å²) in [6.07, 6.45) is -4.66. The molecule has 0 atom stereocenters.